The van der Waals surface area contributed by atoms with Crippen molar-refractivity contribution < 1.29 is 18.4 Å². The second-order valence-electron chi connectivity index (χ2n) is 6.59. The molecule has 1 amide bonds. The molecule has 1 aromatic heterocycles. The van der Waals surface area contributed by atoms with Gasteiger partial charge in [-0.2, -0.15) is 0 Å². The first-order chi connectivity index (χ1) is 13.7. The van der Waals surface area contributed by atoms with Gasteiger partial charge in [-0.1, -0.05) is 53.7 Å². The highest BCUT2D eigenvalue weighted by Crippen LogP contribution is 2.20. The Morgan fingerprint density at radius 2 is 1.86 bits per heavy atom. The van der Waals surface area contributed by atoms with E-state index in [9.17, 15) is 9.18 Å². The Labute approximate surface area is 162 Å². The molecule has 0 spiro atoms. The zero-order chi connectivity index (χ0) is 19.3. The number of hydrogen-bond acceptors (Lipinski definition) is 4. The summed E-state index contributed by atoms with van der Waals surface area (Å²) >= 11 is 0. The summed E-state index contributed by atoms with van der Waals surface area (Å²) in [6, 6.07) is 19.4. The van der Waals surface area contributed by atoms with Crippen molar-refractivity contribution in [2.24, 2.45) is 5.16 Å². The second-order valence-corrected chi connectivity index (χ2v) is 6.59. The van der Waals surface area contributed by atoms with Crippen LogP contribution in [0.1, 0.15) is 28.1 Å². The smallest absolute Gasteiger partial charge is 0.289 e. The van der Waals surface area contributed by atoms with Crippen LogP contribution < -0.4 is 0 Å². The first kappa shape index (κ1) is 18.0. The molecule has 28 heavy (non-hydrogen) atoms. The number of amides is 1. The number of halogens is 1. The first-order valence-corrected chi connectivity index (χ1v) is 9.05. The van der Waals surface area contributed by atoms with Gasteiger partial charge in [0.05, 0.1) is 18.5 Å². The average molecular weight is 378 g/mol. The number of carbonyl (C=O) groups excluding carboxylic acids is 1. The standard InChI is InChI=1S/C22H19FN2O3/c23-19-10-5-4-9-17(19)14-25(22(26)21-11-6-12-27-21)15-18-13-20(24-28-18)16-7-2-1-3-8-16/h1-12,18H,13-15H2/t18-/m1/s1. The average Bonchev–Trinajstić information content (AvgIpc) is 3.41. The van der Waals surface area contributed by atoms with E-state index in [1.807, 2.05) is 30.3 Å². The fourth-order valence-corrected chi connectivity index (χ4v) is 3.18. The zero-order valence-electron chi connectivity index (χ0n) is 15.1. The van der Waals surface area contributed by atoms with Crippen LogP contribution in [0.15, 0.2) is 82.6 Å². The van der Waals surface area contributed by atoms with Crippen LogP contribution in [0.2, 0.25) is 0 Å². The van der Waals surface area contributed by atoms with Gasteiger partial charge in [0, 0.05) is 18.5 Å². The lowest BCUT2D eigenvalue weighted by molar-refractivity contribution is 0.0385. The Bertz CT molecular complexity index is 970. The molecule has 0 saturated carbocycles. The summed E-state index contributed by atoms with van der Waals surface area (Å²) in [6.07, 6.45) is 1.71. The molecule has 142 valence electrons. The van der Waals surface area contributed by atoms with Gasteiger partial charge >= 0.3 is 0 Å². The summed E-state index contributed by atoms with van der Waals surface area (Å²) in [6.45, 7) is 0.389. The normalized spacial score (nSPS) is 15.8. The van der Waals surface area contributed by atoms with E-state index in [1.54, 1.807) is 30.3 Å². The van der Waals surface area contributed by atoms with Crippen molar-refractivity contribution in [3.05, 3.63) is 95.7 Å². The van der Waals surface area contributed by atoms with Crippen LogP contribution in [0, 0.1) is 5.82 Å². The largest absolute Gasteiger partial charge is 0.459 e. The van der Waals surface area contributed by atoms with Gasteiger partial charge < -0.3 is 14.2 Å². The van der Waals surface area contributed by atoms with E-state index >= 15 is 0 Å². The number of furan rings is 1. The topological polar surface area (TPSA) is 55.0 Å². The minimum atomic E-state index is -0.353. The van der Waals surface area contributed by atoms with Crippen molar-refractivity contribution in [1.82, 2.24) is 4.90 Å². The lowest BCUT2D eigenvalue weighted by Gasteiger charge is -2.24. The third-order valence-corrected chi connectivity index (χ3v) is 4.60. The zero-order valence-corrected chi connectivity index (χ0v) is 15.1. The molecule has 6 heteroatoms. The van der Waals surface area contributed by atoms with Gasteiger partial charge in [-0.15, -0.1) is 0 Å². The molecule has 0 radical (unpaired) electrons. The number of carbonyl (C=O) groups is 1. The van der Waals surface area contributed by atoms with Crippen molar-refractivity contribution in [3.8, 4) is 0 Å². The third kappa shape index (κ3) is 3.96. The van der Waals surface area contributed by atoms with Crippen LogP contribution in [-0.4, -0.2) is 29.2 Å². The Kier molecular flexibility index (Phi) is 5.19. The van der Waals surface area contributed by atoms with E-state index in [2.05, 4.69) is 5.16 Å². The first-order valence-electron chi connectivity index (χ1n) is 9.05. The highest BCUT2D eigenvalue weighted by atomic mass is 19.1. The highest BCUT2D eigenvalue weighted by Gasteiger charge is 2.28. The molecule has 0 unspecified atom stereocenters. The Morgan fingerprint density at radius 3 is 2.61 bits per heavy atom. The molecule has 0 saturated heterocycles. The second kappa shape index (κ2) is 8.08. The van der Waals surface area contributed by atoms with Crippen molar-refractivity contribution in [3.63, 3.8) is 0 Å². The Hall–Kier alpha value is -3.41. The highest BCUT2D eigenvalue weighted by molar-refractivity contribution is 6.01. The van der Waals surface area contributed by atoms with Crippen molar-refractivity contribution in [2.75, 3.05) is 6.54 Å². The van der Waals surface area contributed by atoms with Crippen LogP contribution >= 0.6 is 0 Å². The minimum Gasteiger partial charge on any atom is -0.459 e. The van der Waals surface area contributed by atoms with Crippen LogP contribution in [0.4, 0.5) is 4.39 Å². The van der Waals surface area contributed by atoms with E-state index in [0.29, 0.717) is 12.0 Å². The molecule has 1 atom stereocenters. The maximum atomic E-state index is 14.1. The third-order valence-electron chi connectivity index (χ3n) is 4.60. The maximum Gasteiger partial charge on any atom is 0.289 e. The van der Waals surface area contributed by atoms with Gasteiger partial charge in [0.15, 0.2) is 11.9 Å². The van der Waals surface area contributed by atoms with Gasteiger partial charge in [0.1, 0.15) is 5.82 Å². The van der Waals surface area contributed by atoms with E-state index in [4.69, 9.17) is 9.25 Å². The van der Waals surface area contributed by atoms with E-state index < -0.39 is 0 Å². The molecule has 2 heterocycles. The Balaban J connectivity index is 1.50. The van der Waals surface area contributed by atoms with Gasteiger partial charge in [0.2, 0.25) is 0 Å². The van der Waals surface area contributed by atoms with Crippen LogP contribution in [0.5, 0.6) is 0 Å². The summed E-state index contributed by atoms with van der Waals surface area (Å²) in [7, 11) is 0. The monoisotopic (exact) mass is 378 g/mol. The number of rotatable bonds is 6. The van der Waals surface area contributed by atoms with Crippen molar-refractivity contribution >= 4 is 11.6 Å². The quantitative estimate of drug-likeness (QED) is 0.644. The summed E-state index contributed by atoms with van der Waals surface area (Å²) in [5, 5.41) is 4.17. The lowest BCUT2D eigenvalue weighted by Crippen LogP contribution is -2.37. The molecule has 0 fully saturated rings. The molecule has 0 aliphatic carbocycles. The van der Waals surface area contributed by atoms with Crippen molar-refractivity contribution in [1.29, 1.82) is 0 Å². The molecule has 2 aromatic carbocycles. The van der Waals surface area contributed by atoms with Gasteiger partial charge in [-0.05, 0) is 23.8 Å². The molecule has 1 aliphatic rings. The van der Waals surface area contributed by atoms with Gasteiger partial charge in [-0.25, -0.2) is 4.39 Å². The van der Waals surface area contributed by atoms with E-state index in [1.165, 1.54) is 17.2 Å². The Morgan fingerprint density at radius 1 is 1.07 bits per heavy atom. The molecule has 3 aromatic rings. The fourth-order valence-electron chi connectivity index (χ4n) is 3.18. The lowest BCUT2D eigenvalue weighted by atomic mass is 10.0. The van der Waals surface area contributed by atoms with Crippen molar-refractivity contribution in [2.45, 2.75) is 19.1 Å². The predicted octanol–water partition coefficient (Wildman–Crippen LogP) is 4.25. The van der Waals surface area contributed by atoms with E-state index in [-0.39, 0.29) is 36.7 Å². The summed E-state index contributed by atoms with van der Waals surface area (Å²) in [5.74, 6) is -0.461. The summed E-state index contributed by atoms with van der Waals surface area (Å²) in [5.41, 5.74) is 2.26. The molecule has 1 aliphatic heterocycles. The molecule has 5 nitrogen and oxygen atoms in total. The minimum absolute atomic E-state index is 0.118. The van der Waals surface area contributed by atoms with Crippen LogP contribution in [0.25, 0.3) is 0 Å². The van der Waals surface area contributed by atoms with Crippen LogP contribution in [0.3, 0.4) is 0 Å². The maximum absolute atomic E-state index is 14.1. The molecule has 4 rings (SSSR count). The number of benzene rings is 2. The number of nitrogens with zero attached hydrogens (tertiary/aromatic N) is 2. The van der Waals surface area contributed by atoms with Crippen LogP contribution in [-0.2, 0) is 11.4 Å². The number of oxime groups is 1. The SMILES string of the molecule is O=C(c1ccco1)N(Cc1ccccc1F)C[C@H]1CC(c2ccccc2)=NO1. The molecular weight excluding hydrogens is 359 g/mol. The van der Waals surface area contributed by atoms with E-state index in [0.717, 1.165) is 11.3 Å². The van der Waals surface area contributed by atoms with Gasteiger partial charge in [0.25, 0.3) is 5.91 Å². The predicted molar refractivity (Wildman–Crippen MR) is 102 cm³/mol. The summed E-state index contributed by atoms with van der Waals surface area (Å²) in [4.78, 5) is 20.0. The molecule has 0 bridgehead atoms. The molecule has 0 N–H and O–H groups in total. The summed E-state index contributed by atoms with van der Waals surface area (Å²) < 4.78 is 19.4. The number of hydrogen-bond donors (Lipinski definition) is 0. The fraction of sp³-hybridized carbons (Fsp3) is 0.182. The van der Waals surface area contributed by atoms with Gasteiger partial charge in [-0.3, -0.25) is 4.79 Å². The molecular formula is C22H19FN2O3.